The number of piperidine rings is 1. The van der Waals surface area contributed by atoms with Gasteiger partial charge in [0, 0.05) is 18.4 Å². The molecule has 0 aromatic carbocycles. The van der Waals surface area contributed by atoms with Crippen molar-refractivity contribution >= 4 is 5.78 Å². The second kappa shape index (κ2) is 6.10. The van der Waals surface area contributed by atoms with E-state index >= 15 is 0 Å². The van der Waals surface area contributed by atoms with Crippen LogP contribution in [0.5, 0.6) is 0 Å². The van der Waals surface area contributed by atoms with E-state index in [0.29, 0.717) is 19.4 Å². The molecular weight excluding hydrogens is 234 g/mol. The molecule has 0 radical (unpaired) electrons. The smallest absolute Gasteiger partial charge is 0.140 e. The van der Waals surface area contributed by atoms with Crippen molar-refractivity contribution in [2.45, 2.75) is 63.2 Å². The lowest BCUT2D eigenvalue weighted by Gasteiger charge is -2.41. The van der Waals surface area contributed by atoms with E-state index in [4.69, 9.17) is 0 Å². The molecule has 5 nitrogen and oxygen atoms in total. The lowest BCUT2D eigenvalue weighted by atomic mass is 9.80. The Hall–Kier alpha value is -0.490. The molecule has 4 atom stereocenters. The molecular formula is C13H22NO4-. The number of hydrogen-bond acceptors (Lipinski definition) is 5. The number of carbonyl (C=O) groups excluding carboxylic acids is 1. The summed E-state index contributed by atoms with van der Waals surface area (Å²) in [5, 5.41) is 31.9. The van der Waals surface area contributed by atoms with E-state index in [1.54, 1.807) is 0 Å². The predicted molar refractivity (Wildman–Crippen MR) is 66.7 cm³/mol. The van der Waals surface area contributed by atoms with Crippen molar-refractivity contribution in [1.82, 2.24) is 5.06 Å². The molecule has 2 fully saturated rings. The lowest BCUT2D eigenvalue weighted by Crippen LogP contribution is -2.41. The van der Waals surface area contributed by atoms with Gasteiger partial charge in [-0.15, -0.1) is 0 Å². The predicted octanol–water partition coefficient (Wildman–Crippen LogP) is 0.820. The largest absolute Gasteiger partial charge is 0.785 e. The fourth-order valence-corrected chi connectivity index (χ4v) is 3.06. The van der Waals surface area contributed by atoms with E-state index in [1.165, 1.54) is 0 Å². The molecule has 4 unspecified atom stereocenters. The molecule has 0 aromatic heterocycles. The summed E-state index contributed by atoms with van der Waals surface area (Å²) in [7, 11) is 0. The van der Waals surface area contributed by atoms with Gasteiger partial charge >= 0.3 is 0 Å². The molecule has 5 heteroatoms. The number of Topliss-reactive ketones (excluding diaryl/α,β-unsaturated/α-hetero) is 1. The Morgan fingerprint density at radius 1 is 1.22 bits per heavy atom. The van der Waals surface area contributed by atoms with Gasteiger partial charge in [-0.2, -0.15) is 0 Å². The first-order chi connectivity index (χ1) is 8.58. The first kappa shape index (κ1) is 13.9. The standard InChI is InChI=1S/C13H22NO4/c15-10-4-5-11(13(17)8-10)12(16)7-9-3-1-2-6-14(9)18/h9-11,13,15,17H,1-8H2/q-1. The van der Waals surface area contributed by atoms with Gasteiger partial charge in [-0.3, -0.25) is 4.79 Å². The van der Waals surface area contributed by atoms with Crippen molar-refractivity contribution in [3.05, 3.63) is 5.21 Å². The molecule has 1 saturated heterocycles. The Labute approximate surface area is 107 Å². The van der Waals surface area contributed by atoms with Gasteiger partial charge in [0.05, 0.1) is 12.2 Å². The first-order valence-corrected chi connectivity index (χ1v) is 6.90. The van der Waals surface area contributed by atoms with Crippen LogP contribution >= 0.6 is 0 Å². The maximum atomic E-state index is 12.1. The molecule has 104 valence electrons. The van der Waals surface area contributed by atoms with Crippen LogP contribution < -0.4 is 0 Å². The maximum absolute atomic E-state index is 12.1. The van der Waals surface area contributed by atoms with Gasteiger partial charge in [0.15, 0.2) is 0 Å². The summed E-state index contributed by atoms with van der Waals surface area (Å²) < 4.78 is 0. The summed E-state index contributed by atoms with van der Waals surface area (Å²) in [5.41, 5.74) is 0. The van der Waals surface area contributed by atoms with Crippen LogP contribution in [-0.4, -0.2) is 45.9 Å². The van der Waals surface area contributed by atoms with Crippen LogP contribution in [-0.2, 0) is 4.79 Å². The Kier molecular flexibility index (Phi) is 4.72. The zero-order valence-electron chi connectivity index (χ0n) is 10.6. The zero-order chi connectivity index (χ0) is 13.1. The van der Waals surface area contributed by atoms with Crippen molar-refractivity contribution in [2.24, 2.45) is 5.92 Å². The zero-order valence-corrected chi connectivity index (χ0v) is 10.6. The molecule has 1 aliphatic carbocycles. The van der Waals surface area contributed by atoms with Crippen LogP contribution in [0.15, 0.2) is 0 Å². The fourth-order valence-electron chi connectivity index (χ4n) is 3.06. The average molecular weight is 256 g/mol. The third kappa shape index (κ3) is 3.29. The van der Waals surface area contributed by atoms with Crippen LogP contribution in [0.4, 0.5) is 0 Å². The van der Waals surface area contributed by atoms with Crippen LogP contribution in [0.2, 0.25) is 0 Å². The number of rotatable bonds is 3. The quantitative estimate of drug-likeness (QED) is 0.781. The molecule has 2 rings (SSSR count). The highest BCUT2D eigenvalue weighted by atomic mass is 16.5. The van der Waals surface area contributed by atoms with Gasteiger partial charge in [0.1, 0.15) is 5.78 Å². The number of aliphatic hydroxyl groups excluding tert-OH is 2. The Bertz CT molecular complexity index is 297. The molecule has 18 heavy (non-hydrogen) atoms. The van der Waals surface area contributed by atoms with Crippen molar-refractivity contribution in [2.75, 3.05) is 6.54 Å². The van der Waals surface area contributed by atoms with E-state index in [1.807, 2.05) is 0 Å². The van der Waals surface area contributed by atoms with E-state index in [9.17, 15) is 20.2 Å². The molecule has 1 saturated carbocycles. The summed E-state index contributed by atoms with van der Waals surface area (Å²) in [6, 6.07) is -0.203. The van der Waals surface area contributed by atoms with Gasteiger partial charge < -0.3 is 20.5 Å². The molecule has 2 N–H and O–H groups in total. The van der Waals surface area contributed by atoms with Crippen LogP contribution in [0.3, 0.4) is 0 Å². The highest BCUT2D eigenvalue weighted by Crippen LogP contribution is 2.28. The van der Waals surface area contributed by atoms with Gasteiger partial charge in [-0.1, -0.05) is 6.42 Å². The minimum atomic E-state index is -0.745. The van der Waals surface area contributed by atoms with Crippen molar-refractivity contribution in [3.8, 4) is 0 Å². The van der Waals surface area contributed by atoms with Crippen molar-refractivity contribution in [3.63, 3.8) is 0 Å². The summed E-state index contributed by atoms with van der Waals surface area (Å²) in [6.45, 7) is 0.518. The normalized spacial score (nSPS) is 38.6. The second-order valence-corrected chi connectivity index (χ2v) is 5.60. The molecule has 2 aliphatic rings. The summed E-state index contributed by atoms with van der Waals surface area (Å²) >= 11 is 0. The van der Waals surface area contributed by atoms with Gasteiger partial charge in [0.2, 0.25) is 0 Å². The minimum absolute atomic E-state index is 0.0119. The number of hydroxylamine groups is 2. The number of ketones is 1. The van der Waals surface area contributed by atoms with Crippen LogP contribution in [0, 0.1) is 11.1 Å². The molecule has 0 bridgehead atoms. The summed E-state index contributed by atoms with van der Waals surface area (Å²) in [6.07, 6.45) is 3.09. The monoisotopic (exact) mass is 256 g/mol. The summed E-state index contributed by atoms with van der Waals surface area (Å²) in [4.78, 5) is 12.1. The third-order valence-electron chi connectivity index (χ3n) is 4.21. The molecule has 1 heterocycles. The Balaban J connectivity index is 1.87. The first-order valence-electron chi connectivity index (χ1n) is 6.90. The highest BCUT2D eigenvalue weighted by Gasteiger charge is 2.34. The average Bonchev–Trinajstić information content (AvgIpc) is 2.32. The molecule has 0 amide bonds. The number of hydrogen-bond donors (Lipinski definition) is 2. The third-order valence-corrected chi connectivity index (χ3v) is 4.21. The second-order valence-electron chi connectivity index (χ2n) is 5.60. The van der Waals surface area contributed by atoms with E-state index in [-0.39, 0.29) is 30.6 Å². The summed E-state index contributed by atoms with van der Waals surface area (Å²) in [5.74, 6) is -0.397. The fraction of sp³-hybridized carbons (Fsp3) is 0.923. The Morgan fingerprint density at radius 3 is 2.67 bits per heavy atom. The van der Waals surface area contributed by atoms with Crippen LogP contribution in [0.25, 0.3) is 0 Å². The SMILES string of the molecule is O=C(CC1CCCCN1[O-])C1CCC(O)CC1O. The topological polar surface area (TPSA) is 83.8 Å². The van der Waals surface area contributed by atoms with Crippen molar-refractivity contribution in [1.29, 1.82) is 0 Å². The van der Waals surface area contributed by atoms with E-state index in [2.05, 4.69) is 0 Å². The van der Waals surface area contributed by atoms with Gasteiger partial charge in [-0.25, -0.2) is 0 Å². The Morgan fingerprint density at radius 2 is 2.00 bits per heavy atom. The highest BCUT2D eigenvalue weighted by molar-refractivity contribution is 5.82. The number of aliphatic hydroxyl groups is 2. The van der Waals surface area contributed by atoms with Gasteiger partial charge in [-0.05, 0) is 38.6 Å². The molecule has 0 spiro atoms. The van der Waals surface area contributed by atoms with Crippen molar-refractivity contribution < 1.29 is 15.0 Å². The van der Waals surface area contributed by atoms with E-state index in [0.717, 1.165) is 24.3 Å². The maximum Gasteiger partial charge on any atom is 0.140 e. The number of carbonyl (C=O) groups is 1. The lowest BCUT2D eigenvalue weighted by molar-refractivity contribution is -0.130. The molecule has 0 aromatic rings. The molecule has 1 aliphatic heterocycles. The number of nitrogens with zero attached hydrogens (tertiary/aromatic N) is 1. The van der Waals surface area contributed by atoms with Crippen LogP contribution in [0.1, 0.15) is 44.9 Å². The van der Waals surface area contributed by atoms with E-state index < -0.39 is 12.2 Å². The van der Waals surface area contributed by atoms with Gasteiger partial charge in [0.25, 0.3) is 0 Å². The minimum Gasteiger partial charge on any atom is -0.785 e.